The highest BCUT2D eigenvalue weighted by Gasteiger charge is 2.26. The minimum Gasteiger partial charge on any atom is -0.252 e. The maximum Gasteiger partial charge on any atom is 0.103 e. The second-order valence-electron chi connectivity index (χ2n) is 3.69. The zero-order chi connectivity index (χ0) is 9.14. The van der Waals surface area contributed by atoms with Crippen molar-refractivity contribution in [1.29, 1.82) is 0 Å². The van der Waals surface area contributed by atoms with E-state index in [1.54, 1.807) is 0 Å². The van der Waals surface area contributed by atoms with Crippen LogP contribution in [0.4, 0.5) is 0 Å². The van der Waals surface area contributed by atoms with Gasteiger partial charge in [-0.15, -0.1) is 0 Å². The predicted octanol–water partition coefficient (Wildman–Crippen LogP) is 2.63. The van der Waals surface area contributed by atoms with Gasteiger partial charge in [0.1, 0.15) is 6.10 Å². The Labute approximate surface area is 73.5 Å². The first kappa shape index (κ1) is 9.49. The molecule has 0 saturated carbocycles. The molecular weight excluding hydrogens is 152 g/mol. The fraction of sp³-hybridized carbons (Fsp3) is 0.600. The van der Waals surface area contributed by atoms with Gasteiger partial charge < -0.3 is 0 Å². The van der Waals surface area contributed by atoms with Crippen molar-refractivity contribution in [2.24, 2.45) is 11.8 Å². The summed E-state index contributed by atoms with van der Waals surface area (Å²) >= 11 is 0. The van der Waals surface area contributed by atoms with Crippen LogP contribution in [-0.2, 0) is 4.89 Å². The number of hydrogen-bond acceptors (Lipinski definition) is 2. The molecule has 0 aromatic rings. The van der Waals surface area contributed by atoms with Crippen molar-refractivity contribution in [3.05, 3.63) is 24.3 Å². The van der Waals surface area contributed by atoms with Gasteiger partial charge in [-0.1, -0.05) is 38.2 Å². The van der Waals surface area contributed by atoms with Crippen molar-refractivity contribution in [2.75, 3.05) is 0 Å². The highest BCUT2D eigenvalue weighted by molar-refractivity contribution is 5.21. The topological polar surface area (TPSA) is 29.5 Å². The average Bonchev–Trinajstić information content (AvgIpc) is 2.03. The Hall–Kier alpha value is -0.600. The van der Waals surface area contributed by atoms with Gasteiger partial charge in [-0.2, -0.15) is 0 Å². The van der Waals surface area contributed by atoms with Crippen LogP contribution in [0.1, 0.15) is 20.3 Å². The number of allylic oxidation sites excluding steroid dienone is 1. The molecule has 2 unspecified atom stereocenters. The van der Waals surface area contributed by atoms with Gasteiger partial charge in [-0.3, -0.25) is 5.26 Å². The molecule has 0 amide bonds. The highest BCUT2D eigenvalue weighted by atomic mass is 17.1. The van der Waals surface area contributed by atoms with Gasteiger partial charge in [-0.25, -0.2) is 4.89 Å². The molecule has 1 N–H and O–H groups in total. The lowest BCUT2D eigenvalue weighted by Crippen LogP contribution is -2.28. The van der Waals surface area contributed by atoms with Crippen LogP contribution in [0.15, 0.2) is 24.3 Å². The normalized spacial score (nSPS) is 29.8. The maximum atomic E-state index is 8.65. The van der Waals surface area contributed by atoms with Crippen molar-refractivity contribution in [2.45, 2.75) is 26.4 Å². The second kappa shape index (κ2) is 3.87. The Bertz CT molecular complexity index is 194. The van der Waals surface area contributed by atoms with Crippen LogP contribution in [0.5, 0.6) is 0 Å². The van der Waals surface area contributed by atoms with Crippen molar-refractivity contribution >= 4 is 0 Å². The molecule has 12 heavy (non-hydrogen) atoms. The largest absolute Gasteiger partial charge is 0.252 e. The monoisotopic (exact) mass is 168 g/mol. The minimum atomic E-state index is -0.109. The summed E-state index contributed by atoms with van der Waals surface area (Å²) in [4.78, 5) is 4.42. The number of hydrogen-bond donors (Lipinski definition) is 1. The van der Waals surface area contributed by atoms with E-state index >= 15 is 0 Å². The standard InChI is InChI=1S/C10H16O2/c1-7(2)9-5-4-8(3)6-10(9)12-11/h4-5,7,9-11H,3,6H2,1-2H3. The first-order chi connectivity index (χ1) is 5.65. The van der Waals surface area contributed by atoms with Gasteiger partial charge in [0.25, 0.3) is 0 Å². The Balaban J connectivity index is 2.71. The second-order valence-corrected chi connectivity index (χ2v) is 3.69. The van der Waals surface area contributed by atoms with E-state index in [0.717, 1.165) is 12.0 Å². The molecule has 0 spiro atoms. The minimum absolute atomic E-state index is 0.109. The van der Waals surface area contributed by atoms with Crippen LogP contribution >= 0.6 is 0 Å². The van der Waals surface area contributed by atoms with E-state index in [2.05, 4.69) is 31.4 Å². The molecule has 2 nitrogen and oxygen atoms in total. The van der Waals surface area contributed by atoms with Crippen LogP contribution in [0.3, 0.4) is 0 Å². The van der Waals surface area contributed by atoms with E-state index in [0.29, 0.717) is 11.8 Å². The zero-order valence-electron chi connectivity index (χ0n) is 7.66. The third-order valence-electron chi connectivity index (χ3n) is 2.35. The van der Waals surface area contributed by atoms with Gasteiger partial charge >= 0.3 is 0 Å². The fourth-order valence-electron chi connectivity index (χ4n) is 1.59. The molecule has 0 aromatic carbocycles. The van der Waals surface area contributed by atoms with Crippen LogP contribution < -0.4 is 0 Å². The number of rotatable bonds is 2. The predicted molar refractivity (Wildman–Crippen MR) is 48.7 cm³/mol. The van der Waals surface area contributed by atoms with E-state index in [1.807, 2.05) is 6.08 Å². The van der Waals surface area contributed by atoms with Gasteiger partial charge in [-0.05, 0) is 5.92 Å². The Morgan fingerprint density at radius 1 is 1.67 bits per heavy atom. The summed E-state index contributed by atoms with van der Waals surface area (Å²) < 4.78 is 0. The van der Waals surface area contributed by atoms with Gasteiger partial charge in [0.15, 0.2) is 0 Å². The van der Waals surface area contributed by atoms with Crippen LogP contribution in [0, 0.1) is 11.8 Å². The van der Waals surface area contributed by atoms with E-state index in [-0.39, 0.29) is 6.10 Å². The summed E-state index contributed by atoms with van der Waals surface area (Å²) in [5, 5.41) is 8.65. The van der Waals surface area contributed by atoms with Gasteiger partial charge in [0.2, 0.25) is 0 Å². The van der Waals surface area contributed by atoms with Crippen LogP contribution in [0.25, 0.3) is 0 Å². The Kier molecular flexibility index (Phi) is 3.06. The van der Waals surface area contributed by atoms with Gasteiger partial charge in [0.05, 0.1) is 0 Å². The summed E-state index contributed by atoms with van der Waals surface area (Å²) in [5.41, 5.74) is 1.02. The van der Waals surface area contributed by atoms with Crippen LogP contribution in [0.2, 0.25) is 0 Å². The molecule has 0 aromatic heterocycles. The summed E-state index contributed by atoms with van der Waals surface area (Å²) in [6.45, 7) is 8.07. The molecule has 68 valence electrons. The molecule has 2 heteroatoms. The molecule has 1 aliphatic carbocycles. The maximum absolute atomic E-state index is 8.65. The summed E-state index contributed by atoms with van der Waals surface area (Å²) in [7, 11) is 0. The molecule has 0 bridgehead atoms. The third kappa shape index (κ3) is 1.96. The summed E-state index contributed by atoms with van der Waals surface area (Å²) in [6, 6.07) is 0. The molecule has 0 radical (unpaired) electrons. The van der Waals surface area contributed by atoms with Crippen molar-refractivity contribution in [1.82, 2.24) is 0 Å². The molecule has 0 saturated heterocycles. The molecule has 0 heterocycles. The first-order valence-electron chi connectivity index (χ1n) is 4.31. The highest BCUT2D eigenvalue weighted by Crippen LogP contribution is 2.28. The summed E-state index contributed by atoms with van der Waals surface area (Å²) in [5.74, 6) is 0.798. The molecule has 1 rings (SSSR count). The first-order valence-corrected chi connectivity index (χ1v) is 4.31. The Morgan fingerprint density at radius 3 is 2.83 bits per heavy atom. The van der Waals surface area contributed by atoms with Crippen molar-refractivity contribution in [3.63, 3.8) is 0 Å². The molecule has 0 fully saturated rings. The van der Waals surface area contributed by atoms with Crippen LogP contribution in [-0.4, -0.2) is 11.4 Å². The molecule has 0 aliphatic heterocycles. The van der Waals surface area contributed by atoms with E-state index in [4.69, 9.17) is 5.26 Å². The molecule has 2 atom stereocenters. The summed E-state index contributed by atoms with van der Waals surface area (Å²) in [6.07, 6.45) is 4.70. The van der Waals surface area contributed by atoms with Crippen molar-refractivity contribution < 1.29 is 10.1 Å². The average molecular weight is 168 g/mol. The van der Waals surface area contributed by atoms with E-state index < -0.39 is 0 Å². The van der Waals surface area contributed by atoms with E-state index in [1.165, 1.54) is 0 Å². The smallest absolute Gasteiger partial charge is 0.103 e. The SMILES string of the molecule is C=C1C=CC(C(C)C)C(OO)C1. The van der Waals surface area contributed by atoms with Crippen molar-refractivity contribution in [3.8, 4) is 0 Å². The lowest BCUT2D eigenvalue weighted by molar-refractivity contribution is -0.289. The third-order valence-corrected chi connectivity index (χ3v) is 2.35. The quantitative estimate of drug-likeness (QED) is 0.507. The lowest BCUT2D eigenvalue weighted by atomic mass is 9.83. The van der Waals surface area contributed by atoms with E-state index in [9.17, 15) is 0 Å². The molecule has 1 aliphatic rings. The molecular formula is C10H16O2. The van der Waals surface area contributed by atoms with Gasteiger partial charge in [0, 0.05) is 12.3 Å². The lowest BCUT2D eigenvalue weighted by Gasteiger charge is -2.28. The Morgan fingerprint density at radius 2 is 2.33 bits per heavy atom. The zero-order valence-corrected chi connectivity index (χ0v) is 7.66. The fourth-order valence-corrected chi connectivity index (χ4v) is 1.59.